The molecule has 1 aromatic carbocycles. The number of hydrogen-bond donors (Lipinski definition) is 3. The normalized spacial score (nSPS) is 24.6. The number of rotatable bonds is 17. The molecule has 1 aromatic rings. The first-order valence-corrected chi connectivity index (χ1v) is 18.1. The quantitative estimate of drug-likeness (QED) is 0.0538. The highest BCUT2D eigenvalue weighted by Gasteiger charge is 2.44. The number of allylic oxidation sites excluding steroid dienone is 1. The molecule has 2 fully saturated rings. The first-order valence-electron chi connectivity index (χ1n) is 17.5. The van der Waals surface area contributed by atoms with Gasteiger partial charge in [0.25, 0.3) is 0 Å². The van der Waals surface area contributed by atoms with Crippen molar-refractivity contribution in [3.8, 4) is 17.6 Å². The first kappa shape index (κ1) is 35.9. The molecular formula is C38H53NO6S. The smallest absolute Gasteiger partial charge is 0.310 e. The van der Waals surface area contributed by atoms with E-state index < -0.39 is 18.0 Å². The third-order valence-corrected chi connectivity index (χ3v) is 10.3. The summed E-state index contributed by atoms with van der Waals surface area (Å²) in [5.74, 6) is 6.56. The number of nitrogens with one attached hydrogen (secondary N) is 1. The van der Waals surface area contributed by atoms with E-state index >= 15 is 0 Å². The highest BCUT2D eigenvalue weighted by molar-refractivity contribution is 7.80. The van der Waals surface area contributed by atoms with Crippen molar-refractivity contribution < 1.29 is 29.0 Å². The standard InChI is InChI=1S/C38H53NO6S/c1-3-4-13-26(2)32(45-38(43)30-17-8-7-16-29(30)37(42)39-24-9-5-6-10-25-46)22-20-27-21-23-33-35(27)31-18-11-14-28(36(31)44-33)15-12-19-34(40)41/h11,14,18,20,22,26-27,29-30,32-33,35,46H,5-10,12-13,15-17,19,21,23-25H2,1-2H3,(H,39,42)(H,40,41)/b22-20+/t26-,27-,29+,30-,32+,33-,35-/m0/s1. The number of benzene rings is 1. The number of aliphatic carboxylic acids is 1. The topological polar surface area (TPSA) is 102 Å². The van der Waals surface area contributed by atoms with E-state index in [4.69, 9.17) is 14.6 Å². The van der Waals surface area contributed by atoms with Crippen LogP contribution in [0.25, 0.3) is 0 Å². The molecule has 2 saturated carbocycles. The van der Waals surface area contributed by atoms with Gasteiger partial charge in [-0.15, -0.1) is 11.8 Å². The highest BCUT2D eigenvalue weighted by Crippen LogP contribution is 2.52. The third kappa shape index (κ3) is 9.80. The van der Waals surface area contributed by atoms with Crippen molar-refractivity contribution in [2.75, 3.05) is 12.3 Å². The number of para-hydroxylation sites is 1. The molecule has 7 nitrogen and oxygen atoms in total. The van der Waals surface area contributed by atoms with Gasteiger partial charge in [-0.3, -0.25) is 14.4 Å². The van der Waals surface area contributed by atoms with Crippen molar-refractivity contribution in [3.63, 3.8) is 0 Å². The third-order valence-electron chi connectivity index (χ3n) is 9.99. The molecule has 8 heteroatoms. The Balaban J connectivity index is 1.43. The molecule has 46 heavy (non-hydrogen) atoms. The fourth-order valence-electron chi connectivity index (χ4n) is 7.42. The van der Waals surface area contributed by atoms with E-state index in [1.807, 2.05) is 13.0 Å². The molecule has 0 unspecified atom stereocenters. The minimum atomic E-state index is -0.779. The fourth-order valence-corrected chi connectivity index (χ4v) is 7.64. The Morgan fingerprint density at radius 2 is 1.87 bits per heavy atom. The zero-order valence-corrected chi connectivity index (χ0v) is 28.6. The van der Waals surface area contributed by atoms with Crippen molar-refractivity contribution >= 4 is 30.5 Å². The van der Waals surface area contributed by atoms with Crippen LogP contribution in [0.3, 0.4) is 0 Å². The van der Waals surface area contributed by atoms with Crippen molar-refractivity contribution in [1.29, 1.82) is 0 Å². The number of carbonyl (C=O) groups excluding carboxylic acids is 2. The summed E-state index contributed by atoms with van der Waals surface area (Å²) >= 11 is 4.26. The number of amides is 1. The zero-order chi connectivity index (χ0) is 32.9. The molecule has 4 rings (SSSR count). The van der Waals surface area contributed by atoms with E-state index in [0.717, 1.165) is 68.4 Å². The van der Waals surface area contributed by atoms with Gasteiger partial charge in [-0.1, -0.05) is 56.9 Å². The van der Waals surface area contributed by atoms with Crippen LogP contribution in [0.4, 0.5) is 0 Å². The number of aryl methyl sites for hydroxylation is 1. The van der Waals surface area contributed by atoms with Gasteiger partial charge in [0.2, 0.25) is 5.91 Å². The molecule has 3 aliphatic rings. The Bertz CT molecular complexity index is 1270. The van der Waals surface area contributed by atoms with Crippen molar-refractivity contribution in [2.45, 2.75) is 122 Å². The molecule has 0 spiro atoms. The van der Waals surface area contributed by atoms with E-state index in [2.05, 4.69) is 61.0 Å². The van der Waals surface area contributed by atoms with Crippen LogP contribution in [0.2, 0.25) is 0 Å². The monoisotopic (exact) mass is 651 g/mol. The second-order valence-electron chi connectivity index (χ2n) is 13.3. The highest BCUT2D eigenvalue weighted by atomic mass is 32.1. The number of thiol groups is 1. The van der Waals surface area contributed by atoms with Crippen molar-refractivity contribution in [3.05, 3.63) is 41.5 Å². The largest absolute Gasteiger partial charge is 0.489 e. The van der Waals surface area contributed by atoms with E-state index in [-0.39, 0.29) is 48.1 Å². The molecule has 0 radical (unpaired) electrons. The number of hydrogen-bond acceptors (Lipinski definition) is 6. The van der Waals surface area contributed by atoms with E-state index in [0.29, 0.717) is 38.6 Å². The summed E-state index contributed by atoms with van der Waals surface area (Å²) in [4.78, 5) is 37.9. The molecule has 252 valence electrons. The Labute approximate surface area is 281 Å². The number of carboxylic acids is 1. The second-order valence-corrected chi connectivity index (χ2v) is 13.8. The van der Waals surface area contributed by atoms with Crippen molar-refractivity contribution in [2.24, 2.45) is 23.7 Å². The molecule has 1 aliphatic heterocycles. The van der Waals surface area contributed by atoms with E-state index in [1.165, 1.54) is 5.56 Å². The zero-order valence-electron chi connectivity index (χ0n) is 27.7. The second kappa shape index (κ2) is 18.4. The lowest BCUT2D eigenvalue weighted by molar-refractivity contribution is -0.159. The van der Waals surface area contributed by atoms with Crippen LogP contribution in [0.5, 0.6) is 5.75 Å². The maximum Gasteiger partial charge on any atom is 0.310 e. The van der Waals surface area contributed by atoms with Gasteiger partial charge in [-0.2, -0.15) is 12.6 Å². The SMILES string of the molecule is CC#CC[C@H](C)[C@@H](/C=C/[C@H]1CC[C@@H]2Oc3c(CCCC(=O)O)cccc3[C@@H]21)OC(=O)[C@H]1CCCC[C@H]1C(=O)NCCCCCCS. The molecule has 1 amide bonds. The summed E-state index contributed by atoms with van der Waals surface area (Å²) in [7, 11) is 0. The molecule has 0 saturated heterocycles. The molecule has 7 atom stereocenters. The number of carbonyl (C=O) groups is 3. The van der Waals surface area contributed by atoms with Gasteiger partial charge in [0.1, 0.15) is 18.0 Å². The Kier molecular flexibility index (Phi) is 14.4. The Hall–Kier alpha value is -2.92. The lowest BCUT2D eigenvalue weighted by Gasteiger charge is -2.31. The van der Waals surface area contributed by atoms with Gasteiger partial charge in [0.15, 0.2) is 0 Å². The maximum absolute atomic E-state index is 13.7. The maximum atomic E-state index is 13.7. The molecule has 2 aliphatic carbocycles. The summed E-state index contributed by atoms with van der Waals surface area (Å²) in [6, 6.07) is 6.23. The number of fused-ring (bicyclic) bond motifs is 3. The van der Waals surface area contributed by atoms with Gasteiger partial charge < -0.3 is 19.9 Å². The molecule has 2 N–H and O–H groups in total. The Morgan fingerprint density at radius 3 is 2.63 bits per heavy atom. The molecule has 0 aromatic heterocycles. The minimum absolute atomic E-state index is 0.00548. The average Bonchev–Trinajstić information content (AvgIpc) is 3.63. The van der Waals surface area contributed by atoms with Crippen LogP contribution >= 0.6 is 12.6 Å². The minimum Gasteiger partial charge on any atom is -0.489 e. The van der Waals surface area contributed by atoms with Gasteiger partial charge in [0, 0.05) is 36.8 Å². The van der Waals surface area contributed by atoms with Crippen molar-refractivity contribution in [1.82, 2.24) is 5.32 Å². The summed E-state index contributed by atoms with van der Waals surface area (Å²) in [5.41, 5.74) is 2.27. The number of esters is 1. The number of unbranched alkanes of at least 4 members (excludes halogenated alkanes) is 3. The average molecular weight is 652 g/mol. The van der Waals surface area contributed by atoms with Crippen LogP contribution < -0.4 is 10.1 Å². The number of ether oxygens (including phenoxy) is 2. The fraction of sp³-hybridized carbons (Fsp3) is 0.658. The van der Waals surface area contributed by atoms with Gasteiger partial charge in [-0.05, 0) is 81.6 Å². The van der Waals surface area contributed by atoms with Gasteiger partial charge in [-0.25, -0.2) is 0 Å². The molecule has 1 heterocycles. The van der Waals surface area contributed by atoms with Gasteiger partial charge in [0.05, 0.1) is 11.8 Å². The molecule has 0 bridgehead atoms. The Morgan fingerprint density at radius 1 is 1.09 bits per heavy atom. The van der Waals surface area contributed by atoms with Crippen LogP contribution in [0.1, 0.15) is 114 Å². The van der Waals surface area contributed by atoms with Crippen LogP contribution in [0, 0.1) is 35.5 Å². The summed E-state index contributed by atoms with van der Waals surface area (Å²) in [6.07, 6.45) is 15.4. The predicted octanol–water partition coefficient (Wildman–Crippen LogP) is 7.28. The summed E-state index contributed by atoms with van der Waals surface area (Å²) < 4.78 is 12.7. The van der Waals surface area contributed by atoms with E-state index in [9.17, 15) is 14.4 Å². The summed E-state index contributed by atoms with van der Waals surface area (Å²) in [6.45, 7) is 4.53. The molecular weight excluding hydrogens is 598 g/mol. The first-order chi connectivity index (χ1) is 22.3. The summed E-state index contributed by atoms with van der Waals surface area (Å²) in [5, 5.41) is 12.2. The lowest BCUT2D eigenvalue weighted by Crippen LogP contribution is -2.41. The van der Waals surface area contributed by atoms with Crippen LogP contribution in [-0.2, 0) is 25.5 Å². The van der Waals surface area contributed by atoms with Gasteiger partial charge >= 0.3 is 11.9 Å². The van der Waals surface area contributed by atoms with Crippen LogP contribution in [-0.4, -0.2) is 47.5 Å². The van der Waals surface area contributed by atoms with E-state index in [1.54, 1.807) is 0 Å². The predicted molar refractivity (Wildman–Crippen MR) is 184 cm³/mol. The lowest BCUT2D eigenvalue weighted by atomic mass is 9.78. The van der Waals surface area contributed by atoms with Crippen LogP contribution in [0.15, 0.2) is 30.4 Å². The number of carboxylic acid groups (broad SMARTS) is 1.